The molecule has 2 heteroatoms. The molecular formula is C14H12O2. The van der Waals surface area contributed by atoms with Gasteiger partial charge in [-0.1, -0.05) is 35.9 Å². The molecular weight excluding hydrogens is 200 g/mol. The maximum absolute atomic E-state index is 11.5. The van der Waals surface area contributed by atoms with Gasteiger partial charge in [-0.2, -0.15) is 0 Å². The van der Waals surface area contributed by atoms with Gasteiger partial charge in [0.15, 0.2) is 5.78 Å². The summed E-state index contributed by atoms with van der Waals surface area (Å²) >= 11 is 0. The fourth-order valence-corrected chi connectivity index (χ4v) is 1.71. The second kappa shape index (κ2) is 3.89. The monoisotopic (exact) mass is 212 g/mol. The van der Waals surface area contributed by atoms with Gasteiger partial charge in [0, 0.05) is 12.5 Å². The molecule has 0 radical (unpaired) electrons. The van der Waals surface area contributed by atoms with Crippen molar-refractivity contribution in [3.8, 4) is 0 Å². The highest BCUT2D eigenvalue weighted by Gasteiger charge is 2.10. The van der Waals surface area contributed by atoms with E-state index < -0.39 is 11.6 Å². The number of fused-ring (bicyclic) bond motifs is 1. The van der Waals surface area contributed by atoms with Gasteiger partial charge in [0.05, 0.1) is 0 Å². The minimum Gasteiger partial charge on any atom is -0.291 e. The number of hydrogen-bond acceptors (Lipinski definition) is 2. The van der Waals surface area contributed by atoms with Crippen LogP contribution in [0.15, 0.2) is 36.4 Å². The van der Waals surface area contributed by atoms with E-state index in [0.717, 1.165) is 10.8 Å². The van der Waals surface area contributed by atoms with Crippen molar-refractivity contribution in [2.24, 2.45) is 0 Å². The summed E-state index contributed by atoms with van der Waals surface area (Å²) in [4.78, 5) is 22.5. The van der Waals surface area contributed by atoms with E-state index in [1.807, 2.05) is 25.1 Å². The molecule has 0 heterocycles. The number of ketones is 2. The van der Waals surface area contributed by atoms with E-state index in [9.17, 15) is 9.59 Å². The van der Waals surface area contributed by atoms with Gasteiger partial charge in [0.1, 0.15) is 0 Å². The van der Waals surface area contributed by atoms with Crippen LogP contribution in [0.3, 0.4) is 0 Å². The van der Waals surface area contributed by atoms with Crippen molar-refractivity contribution in [2.45, 2.75) is 13.8 Å². The van der Waals surface area contributed by atoms with E-state index in [1.165, 1.54) is 12.5 Å². The van der Waals surface area contributed by atoms with Gasteiger partial charge < -0.3 is 0 Å². The highest BCUT2D eigenvalue weighted by molar-refractivity contribution is 6.43. The summed E-state index contributed by atoms with van der Waals surface area (Å²) in [6.45, 7) is 3.32. The summed E-state index contributed by atoms with van der Waals surface area (Å²) in [5.74, 6) is -0.853. The second-order valence-electron chi connectivity index (χ2n) is 3.95. The first-order valence-electron chi connectivity index (χ1n) is 5.13. The van der Waals surface area contributed by atoms with Gasteiger partial charge in [-0.05, 0) is 23.8 Å². The minimum atomic E-state index is -0.428. The lowest BCUT2D eigenvalue weighted by Gasteiger charge is -2.02. The Morgan fingerprint density at radius 3 is 2.25 bits per heavy atom. The molecule has 0 aliphatic heterocycles. The Bertz CT molecular complexity index is 582. The molecule has 0 aliphatic carbocycles. The van der Waals surface area contributed by atoms with Crippen molar-refractivity contribution in [1.29, 1.82) is 0 Å². The first-order chi connectivity index (χ1) is 7.58. The Kier molecular flexibility index (Phi) is 2.57. The summed E-state index contributed by atoms with van der Waals surface area (Å²) in [7, 11) is 0. The molecule has 2 nitrogen and oxygen atoms in total. The molecule has 0 spiro atoms. The molecule has 0 aromatic heterocycles. The van der Waals surface area contributed by atoms with E-state index in [1.54, 1.807) is 12.1 Å². The maximum Gasteiger partial charge on any atom is 0.228 e. The lowest BCUT2D eigenvalue weighted by Crippen LogP contribution is -2.09. The number of benzene rings is 2. The predicted octanol–water partition coefficient (Wildman–Crippen LogP) is 2.92. The molecule has 2 aromatic carbocycles. The molecule has 0 aliphatic rings. The van der Waals surface area contributed by atoms with Crippen LogP contribution >= 0.6 is 0 Å². The Balaban J connectivity index is 2.57. The van der Waals surface area contributed by atoms with Crippen LogP contribution in [-0.2, 0) is 4.79 Å². The molecule has 0 atom stereocenters. The van der Waals surface area contributed by atoms with Crippen LogP contribution in [0.25, 0.3) is 10.8 Å². The van der Waals surface area contributed by atoms with Gasteiger partial charge in [-0.3, -0.25) is 9.59 Å². The zero-order valence-corrected chi connectivity index (χ0v) is 9.28. The van der Waals surface area contributed by atoms with Gasteiger partial charge in [0.25, 0.3) is 0 Å². The maximum atomic E-state index is 11.5. The Morgan fingerprint density at radius 2 is 1.56 bits per heavy atom. The smallest absolute Gasteiger partial charge is 0.228 e. The summed E-state index contributed by atoms with van der Waals surface area (Å²) < 4.78 is 0. The molecule has 2 rings (SSSR count). The highest BCUT2D eigenvalue weighted by atomic mass is 16.2. The van der Waals surface area contributed by atoms with E-state index in [4.69, 9.17) is 0 Å². The van der Waals surface area contributed by atoms with Gasteiger partial charge >= 0.3 is 0 Å². The number of hydrogen-bond donors (Lipinski definition) is 0. The normalized spacial score (nSPS) is 10.4. The van der Waals surface area contributed by atoms with Gasteiger partial charge in [0.2, 0.25) is 5.78 Å². The SMILES string of the molecule is CC(=O)C(=O)c1ccc2cc(C)ccc2c1. The molecule has 0 fully saturated rings. The zero-order chi connectivity index (χ0) is 11.7. The van der Waals surface area contributed by atoms with Gasteiger partial charge in [-0.15, -0.1) is 0 Å². The molecule has 0 amide bonds. The van der Waals surface area contributed by atoms with Crippen molar-refractivity contribution >= 4 is 22.3 Å². The molecule has 0 saturated carbocycles. The Morgan fingerprint density at radius 1 is 0.938 bits per heavy atom. The number of carbonyl (C=O) groups is 2. The van der Waals surface area contributed by atoms with Crippen LogP contribution in [-0.4, -0.2) is 11.6 Å². The van der Waals surface area contributed by atoms with Crippen molar-refractivity contribution in [1.82, 2.24) is 0 Å². The lowest BCUT2D eigenvalue weighted by atomic mass is 10.0. The average Bonchev–Trinajstić information content (AvgIpc) is 2.27. The Labute approximate surface area is 93.9 Å². The molecule has 0 unspecified atom stereocenters. The van der Waals surface area contributed by atoms with Crippen molar-refractivity contribution in [3.05, 3.63) is 47.5 Å². The zero-order valence-electron chi connectivity index (χ0n) is 9.28. The van der Waals surface area contributed by atoms with Crippen LogP contribution in [0.2, 0.25) is 0 Å². The first kappa shape index (κ1) is 10.6. The summed E-state index contributed by atoms with van der Waals surface area (Å²) in [6, 6.07) is 11.3. The van der Waals surface area contributed by atoms with E-state index in [-0.39, 0.29) is 0 Å². The largest absolute Gasteiger partial charge is 0.291 e. The number of aryl methyl sites for hydroxylation is 1. The van der Waals surface area contributed by atoms with Crippen LogP contribution < -0.4 is 0 Å². The third-order valence-corrected chi connectivity index (χ3v) is 2.58. The minimum absolute atomic E-state index is 0.425. The molecule has 16 heavy (non-hydrogen) atoms. The van der Waals surface area contributed by atoms with E-state index >= 15 is 0 Å². The van der Waals surface area contributed by atoms with Gasteiger partial charge in [-0.25, -0.2) is 0 Å². The van der Waals surface area contributed by atoms with E-state index in [0.29, 0.717) is 5.56 Å². The van der Waals surface area contributed by atoms with Crippen molar-refractivity contribution in [3.63, 3.8) is 0 Å². The fourth-order valence-electron chi connectivity index (χ4n) is 1.71. The van der Waals surface area contributed by atoms with Crippen molar-refractivity contribution in [2.75, 3.05) is 0 Å². The number of rotatable bonds is 2. The Hall–Kier alpha value is -1.96. The molecule has 80 valence electrons. The highest BCUT2D eigenvalue weighted by Crippen LogP contribution is 2.18. The standard InChI is InChI=1S/C14H12O2/c1-9-3-4-12-8-13(14(16)10(2)15)6-5-11(12)7-9/h3-8H,1-2H3. The van der Waals surface area contributed by atoms with Crippen molar-refractivity contribution < 1.29 is 9.59 Å². The topological polar surface area (TPSA) is 34.1 Å². The van der Waals surface area contributed by atoms with Crippen LogP contribution in [0.1, 0.15) is 22.8 Å². The number of Topliss-reactive ketones (excluding diaryl/α,β-unsaturated/α-hetero) is 2. The number of carbonyl (C=O) groups excluding carboxylic acids is 2. The quantitative estimate of drug-likeness (QED) is 0.566. The third-order valence-electron chi connectivity index (χ3n) is 2.58. The van der Waals surface area contributed by atoms with E-state index in [2.05, 4.69) is 6.07 Å². The summed E-state index contributed by atoms with van der Waals surface area (Å²) in [6.07, 6.45) is 0. The molecule has 0 saturated heterocycles. The predicted molar refractivity (Wildman–Crippen MR) is 63.7 cm³/mol. The molecule has 0 bridgehead atoms. The third kappa shape index (κ3) is 1.87. The first-order valence-corrected chi connectivity index (χ1v) is 5.13. The van der Waals surface area contributed by atoms with Crippen LogP contribution in [0.5, 0.6) is 0 Å². The summed E-state index contributed by atoms with van der Waals surface area (Å²) in [5, 5.41) is 2.07. The second-order valence-corrected chi connectivity index (χ2v) is 3.95. The molecule has 2 aromatic rings. The molecule has 0 N–H and O–H groups in total. The summed E-state index contributed by atoms with van der Waals surface area (Å²) in [5.41, 5.74) is 1.64. The van der Waals surface area contributed by atoms with Crippen LogP contribution in [0.4, 0.5) is 0 Å². The van der Waals surface area contributed by atoms with Crippen LogP contribution in [0, 0.1) is 6.92 Å². The fraction of sp³-hybridized carbons (Fsp3) is 0.143. The lowest BCUT2D eigenvalue weighted by molar-refractivity contribution is -0.113. The average molecular weight is 212 g/mol.